The summed E-state index contributed by atoms with van der Waals surface area (Å²) in [5.74, 6) is 1.74. The Bertz CT molecular complexity index is 1610. The van der Waals surface area contributed by atoms with Crippen LogP contribution in [0.5, 0.6) is 11.8 Å². The standard InChI is InChI=1S/C36H48N6O5/c1-36(2,3)47-35(43)42-20-25-12-13-26(42)19-41(25)33-30-14-16-40(21-31(30)37-34(38-33)45-22-27-10-8-15-39(27)4)32-18-28(46-23-44-5)17-24-9-6-7-11-29(24)32/h6-7,9,11,17-18,25-27H,8,10,12-16,19-23H2,1-5H3. The average molecular weight is 645 g/mol. The molecule has 0 aliphatic carbocycles. The number of piperidine rings is 2. The third kappa shape index (κ3) is 6.65. The molecule has 1 aromatic heterocycles. The Balaban J connectivity index is 1.20. The number of carbonyl (C=O) groups excluding carboxylic acids is 1. The topological polar surface area (TPSA) is 92.7 Å². The normalized spacial score (nSPS) is 22.9. The van der Waals surface area contributed by atoms with Crippen LogP contribution in [-0.4, -0.2) is 103 Å². The van der Waals surface area contributed by atoms with E-state index in [0.29, 0.717) is 31.7 Å². The highest BCUT2D eigenvalue weighted by Crippen LogP contribution is 2.40. The molecule has 3 unspecified atom stereocenters. The van der Waals surface area contributed by atoms with E-state index in [1.54, 1.807) is 7.11 Å². The van der Waals surface area contributed by atoms with Crippen LogP contribution in [0, 0.1) is 0 Å². The number of amides is 1. The Morgan fingerprint density at radius 1 is 1.00 bits per heavy atom. The van der Waals surface area contributed by atoms with E-state index >= 15 is 0 Å². The predicted octanol–water partition coefficient (Wildman–Crippen LogP) is 5.24. The third-order valence-electron chi connectivity index (χ3n) is 10.0. The number of methoxy groups -OCH3 is 1. The fraction of sp³-hybridized carbons (Fsp3) is 0.583. The molecule has 0 N–H and O–H groups in total. The van der Waals surface area contributed by atoms with Gasteiger partial charge in [0.15, 0.2) is 6.79 Å². The molecule has 0 radical (unpaired) electrons. The van der Waals surface area contributed by atoms with Crippen LogP contribution in [0.15, 0.2) is 36.4 Å². The quantitative estimate of drug-likeness (QED) is 0.304. The molecule has 1 amide bonds. The molecule has 2 bridgehead atoms. The van der Waals surface area contributed by atoms with Gasteiger partial charge in [-0.15, -0.1) is 0 Å². The monoisotopic (exact) mass is 644 g/mol. The summed E-state index contributed by atoms with van der Waals surface area (Å²) in [4.78, 5) is 32.4. The van der Waals surface area contributed by atoms with Crippen molar-refractivity contribution in [3.8, 4) is 11.8 Å². The Morgan fingerprint density at radius 3 is 2.57 bits per heavy atom. The molecule has 252 valence electrons. The molecule has 47 heavy (non-hydrogen) atoms. The second kappa shape index (κ2) is 13.0. The van der Waals surface area contributed by atoms with Gasteiger partial charge >= 0.3 is 12.1 Å². The molecule has 6 heterocycles. The van der Waals surface area contributed by atoms with Gasteiger partial charge in [0.25, 0.3) is 0 Å². The number of carbonyl (C=O) groups is 1. The highest BCUT2D eigenvalue weighted by molar-refractivity contribution is 5.95. The Labute approximate surface area is 277 Å². The van der Waals surface area contributed by atoms with Crippen LogP contribution in [0.2, 0.25) is 0 Å². The largest absolute Gasteiger partial charge is 0.467 e. The van der Waals surface area contributed by atoms with Crippen molar-refractivity contribution in [2.24, 2.45) is 0 Å². The number of hydrogen-bond acceptors (Lipinski definition) is 10. The van der Waals surface area contributed by atoms with Gasteiger partial charge in [-0.25, -0.2) is 4.79 Å². The van der Waals surface area contributed by atoms with Crippen molar-refractivity contribution < 1.29 is 23.7 Å². The van der Waals surface area contributed by atoms with Gasteiger partial charge in [-0.3, -0.25) is 0 Å². The lowest BCUT2D eigenvalue weighted by Gasteiger charge is -2.52. The minimum Gasteiger partial charge on any atom is -0.467 e. The molecule has 0 saturated carbocycles. The maximum absolute atomic E-state index is 13.1. The van der Waals surface area contributed by atoms with Crippen LogP contribution in [0.25, 0.3) is 10.8 Å². The fourth-order valence-corrected chi connectivity index (χ4v) is 7.62. The van der Waals surface area contributed by atoms with Crippen molar-refractivity contribution in [2.45, 2.75) is 83.1 Å². The van der Waals surface area contributed by atoms with Crippen molar-refractivity contribution >= 4 is 28.4 Å². The van der Waals surface area contributed by atoms with Gasteiger partial charge in [-0.1, -0.05) is 24.3 Å². The maximum atomic E-state index is 13.1. The lowest BCUT2D eigenvalue weighted by molar-refractivity contribution is 0.000726. The van der Waals surface area contributed by atoms with E-state index in [1.807, 2.05) is 25.7 Å². The number of piperazine rings is 1. The maximum Gasteiger partial charge on any atom is 0.410 e. The molecule has 4 fully saturated rings. The number of nitrogens with zero attached hydrogens (tertiary/aromatic N) is 6. The number of rotatable bonds is 8. The minimum absolute atomic E-state index is 0.0817. The lowest BCUT2D eigenvalue weighted by atomic mass is 9.90. The number of likely N-dealkylation sites (N-methyl/N-ethyl adjacent to an activating group) is 1. The SMILES string of the molecule is COCOc1cc(N2CCc3c(nc(OCC4CCCN4C)nc3N3CC4CCC3CN4C(=O)OC(C)(C)C)C2)c2ccccc2c1. The summed E-state index contributed by atoms with van der Waals surface area (Å²) in [6.07, 6.45) is 4.86. The predicted molar refractivity (Wildman–Crippen MR) is 181 cm³/mol. The summed E-state index contributed by atoms with van der Waals surface area (Å²) in [5, 5.41) is 2.29. The fourth-order valence-electron chi connectivity index (χ4n) is 7.62. The van der Waals surface area contributed by atoms with Crippen molar-refractivity contribution in [1.82, 2.24) is 19.8 Å². The molecule has 2 aromatic carbocycles. The van der Waals surface area contributed by atoms with E-state index in [-0.39, 0.29) is 25.0 Å². The molecule has 3 aromatic rings. The second-order valence-corrected chi connectivity index (χ2v) is 14.4. The zero-order valence-corrected chi connectivity index (χ0v) is 28.4. The van der Waals surface area contributed by atoms with Gasteiger partial charge in [0.1, 0.15) is 23.8 Å². The molecular formula is C36H48N6O5. The lowest BCUT2D eigenvalue weighted by Crippen LogP contribution is -2.65. The average Bonchev–Trinajstić information content (AvgIpc) is 3.48. The van der Waals surface area contributed by atoms with E-state index < -0.39 is 5.60 Å². The molecule has 11 heteroatoms. The number of hydrogen-bond donors (Lipinski definition) is 0. The zero-order valence-electron chi connectivity index (χ0n) is 28.4. The van der Waals surface area contributed by atoms with Gasteiger partial charge in [-0.2, -0.15) is 9.97 Å². The van der Waals surface area contributed by atoms with E-state index in [2.05, 4.69) is 58.1 Å². The van der Waals surface area contributed by atoms with E-state index in [1.165, 1.54) is 17.4 Å². The van der Waals surface area contributed by atoms with Gasteiger partial charge < -0.3 is 38.5 Å². The summed E-state index contributed by atoms with van der Waals surface area (Å²) >= 11 is 0. The van der Waals surface area contributed by atoms with Gasteiger partial charge in [0, 0.05) is 61.5 Å². The number of benzene rings is 2. The minimum atomic E-state index is -0.522. The van der Waals surface area contributed by atoms with Crippen LogP contribution in [0.1, 0.15) is 57.7 Å². The molecule has 5 aliphatic rings. The molecule has 11 nitrogen and oxygen atoms in total. The van der Waals surface area contributed by atoms with E-state index in [4.69, 9.17) is 28.9 Å². The molecule has 8 rings (SSSR count). The first-order valence-electron chi connectivity index (χ1n) is 17.1. The Kier molecular flexibility index (Phi) is 8.78. The number of anilines is 2. The van der Waals surface area contributed by atoms with Gasteiger partial charge in [0.05, 0.1) is 18.3 Å². The number of likely N-dealkylation sites (tertiary alicyclic amines) is 1. The molecule has 0 spiro atoms. The van der Waals surface area contributed by atoms with Crippen molar-refractivity contribution in [3.63, 3.8) is 0 Å². The summed E-state index contributed by atoms with van der Waals surface area (Å²) < 4.78 is 23.3. The summed E-state index contributed by atoms with van der Waals surface area (Å²) in [7, 11) is 3.79. The van der Waals surface area contributed by atoms with Crippen LogP contribution in [0.4, 0.5) is 16.3 Å². The number of ether oxygens (including phenoxy) is 4. The van der Waals surface area contributed by atoms with Crippen LogP contribution in [-0.2, 0) is 22.4 Å². The van der Waals surface area contributed by atoms with Crippen LogP contribution in [0.3, 0.4) is 0 Å². The number of aromatic nitrogens is 2. The highest BCUT2D eigenvalue weighted by atomic mass is 16.7. The zero-order chi connectivity index (χ0) is 32.7. The smallest absolute Gasteiger partial charge is 0.410 e. The molecule has 4 saturated heterocycles. The first-order chi connectivity index (χ1) is 22.7. The Hall–Kier alpha value is -3.83. The van der Waals surface area contributed by atoms with Crippen LogP contribution >= 0.6 is 0 Å². The summed E-state index contributed by atoms with van der Waals surface area (Å²) in [6, 6.07) is 13.6. The molecule has 5 aliphatic heterocycles. The third-order valence-corrected chi connectivity index (χ3v) is 10.0. The van der Waals surface area contributed by atoms with Crippen LogP contribution < -0.4 is 19.3 Å². The molecule has 3 atom stereocenters. The van der Waals surface area contributed by atoms with Crippen molar-refractivity contribution in [3.05, 3.63) is 47.7 Å². The van der Waals surface area contributed by atoms with Crippen molar-refractivity contribution in [2.75, 3.05) is 63.5 Å². The van der Waals surface area contributed by atoms with Gasteiger partial charge in [0.2, 0.25) is 0 Å². The molecular weight excluding hydrogens is 596 g/mol. The summed E-state index contributed by atoms with van der Waals surface area (Å²) in [5.41, 5.74) is 2.76. The van der Waals surface area contributed by atoms with E-state index in [9.17, 15) is 4.79 Å². The Morgan fingerprint density at radius 2 is 1.83 bits per heavy atom. The highest BCUT2D eigenvalue weighted by Gasteiger charge is 2.44. The number of fused-ring (bicyclic) bond motifs is 5. The second-order valence-electron chi connectivity index (χ2n) is 14.4. The van der Waals surface area contributed by atoms with Crippen molar-refractivity contribution in [1.29, 1.82) is 0 Å². The van der Waals surface area contributed by atoms with Gasteiger partial charge in [-0.05, 0) is 77.9 Å². The first-order valence-corrected chi connectivity index (χ1v) is 17.1. The van der Waals surface area contributed by atoms with E-state index in [0.717, 1.165) is 73.7 Å². The first kappa shape index (κ1) is 31.8. The summed E-state index contributed by atoms with van der Waals surface area (Å²) in [6.45, 7) is 10.4.